The van der Waals surface area contributed by atoms with Gasteiger partial charge in [0.05, 0.1) is 6.61 Å². The average Bonchev–Trinajstić information content (AvgIpc) is 2.27. The second-order valence-electron chi connectivity index (χ2n) is 3.35. The van der Waals surface area contributed by atoms with Gasteiger partial charge in [-0.1, -0.05) is 6.92 Å². The van der Waals surface area contributed by atoms with Crippen LogP contribution in [0.5, 0.6) is 5.75 Å². The third-order valence-electron chi connectivity index (χ3n) is 2.09. The van der Waals surface area contributed by atoms with Crippen LogP contribution in [-0.4, -0.2) is 24.1 Å². The SMILES string of the molecule is C[C@H](CO)C(=O)c1ccc(OC(F)F)cc1. The number of aliphatic hydroxyl groups excluding tert-OH is 1. The van der Waals surface area contributed by atoms with Gasteiger partial charge < -0.3 is 9.84 Å². The van der Waals surface area contributed by atoms with E-state index in [9.17, 15) is 13.6 Å². The Morgan fingerprint density at radius 2 is 1.94 bits per heavy atom. The van der Waals surface area contributed by atoms with Gasteiger partial charge in [-0.2, -0.15) is 8.78 Å². The number of halogens is 2. The van der Waals surface area contributed by atoms with Crippen molar-refractivity contribution < 1.29 is 23.4 Å². The van der Waals surface area contributed by atoms with Crippen LogP contribution in [-0.2, 0) is 0 Å². The topological polar surface area (TPSA) is 46.5 Å². The van der Waals surface area contributed by atoms with Crippen molar-refractivity contribution in [1.82, 2.24) is 0 Å². The molecule has 0 aliphatic rings. The summed E-state index contributed by atoms with van der Waals surface area (Å²) < 4.78 is 27.8. The lowest BCUT2D eigenvalue weighted by Gasteiger charge is -2.08. The number of carbonyl (C=O) groups excluding carboxylic acids is 1. The van der Waals surface area contributed by atoms with E-state index >= 15 is 0 Å². The minimum absolute atomic E-state index is 0.00296. The maximum Gasteiger partial charge on any atom is 0.387 e. The van der Waals surface area contributed by atoms with E-state index in [1.165, 1.54) is 24.3 Å². The zero-order valence-electron chi connectivity index (χ0n) is 8.69. The number of carbonyl (C=O) groups is 1. The number of Topliss-reactive ketones (excluding diaryl/α,β-unsaturated/α-hetero) is 1. The van der Waals surface area contributed by atoms with Gasteiger partial charge in [-0.05, 0) is 24.3 Å². The van der Waals surface area contributed by atoms with Crippen LogP contribution in [0.4, 0.5) is 8.78 Å². The number of rotatable bonds is 5. The highest BCUT2D eigenvalue weighted by Gasteiger charge is 2.14. The summed E-state index contributed by atoms with van der Waals surface area (Å²) in [6.45, 7) is -1.53. The molecule has 0 aliphatic carbocycles. The van der Waals surface area contributed by atoms with E-state index in [-0.39, 0.29) is 18.1 Å². The number of hydrogen-bond acceptors (Lipinski definition) is 3. The molecule has 0 fully saturated rings. The quantitative estimate of drug-likeness (QED) is 0.788. The molecule has 16 heavy (non-hydrogen) atoms. The molecular formula is C11H12F2O3. The van der Waals surface area contributed by atoms with Crippen molar-refractivity contribution in [1.29, 1.82) is 0 Å². The number of hydrogen-bond donors (Lipinski definition) is 1. The summed E-state index contributed by atoms with van der Waals surface area (Å²) in [4.78, 5) is 11.6. The lowest BCUT2D eigenvalue weighted by atomic mass is 10.0. The molecule has 0 bridgehead atoms. The van der Waals surface area contributed by atoms with Crippen LogP contribution in [0.3, 0.4) is 0 Å². The fourth-order valence-electron chi connectivity index (χ4n) is 1.17. The fourth-order valence-corrected chi connectivity index (χ4v) is 1.17. The highest BCUT2D eigenvalue weighted by molar-refractivity contribution is 5.97. The smallest absolute Gasteiger partial charge is 0.387 e. The summed E-state index contributed by atoms with van der Waals surface area (Å²) in [5.41, 5.74) is 0.364. The molecule has 0 aromatic heterocycles. The molecule has 1 aromatic carbocycles. The predicted octanol–water partition coefficient (Wildman–Crippen LogP) is 2.10. The van der Waals surface area contributed by atoms with Crippen molar-refractivity contribution in [3.8, 4) is 5.75 Å². The first-order valence-electron chi connectivity index (χ1n) is 4.74. The minimum atomic E-state index is -2.88. The molecule has 1 aromatic rings. The summed E-state index contributed by atoms with van der Waals surface area (Å²) in [7, 11) is 0. The summed E-state index contributed by atoms with van der Waals surface area (Å²) in [5.74, 6) is -0.726. The molecule has 0 unspecified atom stereocenters. The van der Waals surface area contributed by atoms with E-state index in [0.29, 0.717) is 5.56 Å². The fraction of sp³-hybridized carbons (Fsp3) is 0.364. The standard InChI is InChI=1S/C11H12F2O3/c1-7(6-14)10(15)8-2-4-9(5-3-8)16-11(12)13/h2-5,7,11,14H,6H2,1H3/t7-/m1/s1. The van der Waals surface area contributed by atoms with Crippen LogP contribution in [0.15, 0.2) is 24.3 Å². The normalized spacial score (nSPS) is 12.6. The van der Waals surface area contributed by atoms with Gasteiger partial charge in [-0.25, -0.2) is 0 Å². The molecule has 1 N–H and O–H groups in total. The van der Waals surface area contributed by atoms with Crippen LogP contribution < -0.4 is 4.74 Å². The Balaban J connectivity index is 2.74. The third kappa shape index (κ3) is 3.27. The molecule has 0 radical (unpaired) electrons. The van der Waals surface area contributed by atoms with Gasteiger partial charge in [-0.15, -0.1) is 0 Å². The molecule has 0 aliphatic heterocycles. The lowest BCUT2D eigenvalue weighted by Crippen LogP contribution is -2.14. The van der Waals surface area contributed by atoms with Crippen molar-refractivity contribution in [2.75, 3.05) is 6.61 Å². The molecule has 0 heterocycles. The first-order valence-corrected chi connectivity index (χ1v) is 4.74. The highest BCUT2D eigenvalue weighted by atomic mass is 19.3. The molecule has 5 heteroatoms. The zero-order chi connectivity index (χ0) is 12.1. The highest BCUT2D eigenvalue weighted by Crippen LogP contribution is 2.16. The molecule has 0 saturated heterocycles. The second-order valence-corrected chi connectivity index (χ2v) is 3.35. The van der Waals surface area contributed by atoms with Crippen molar-refractivity contribution >= 4 is 5.78 Å². The molecule has 0 amide bonds. The molecule has 1 atom stereocenters. The third-order valence-corrected chi connectivity index (χ3v) is 2.09. The van der Waals surface area contributed by atoms with Crippen LogP contribution in [0, 0.1) is 5.92 Å². The van der Waals surface area contributed by atoms with Gasteiger partial charge in [0.15, 0.2) is 5.78 Å². The van der Waals surface area contributed by atoms with E-state index in [4.69, 9.17) is 5.11 Å². The number of benzene rings is 1. The summed E-state index contributed by atoms with van der Waals surface area (Å²) in [6, 6.07) is 5.38. The molecule has 1 rings (SSSR count). The van der Waals surface area contributed by atoms with E-state index in [2.05, 4.69) is 4.74 Å². The zero-order valence-corrected chi connectivity index (χ0v) is 8.69. The summed E-state index contributed by atoms with van der Waals surface area (Å²) in [5, 5.41) is 8.80. The molecular weight excluding hydrogens is 218 g/mol. The lowest BCUT2D eigenvalue weighted by molar-refractivity contribution is -0.0498. The van der Waals surface area contributed by atoms with Crippen molar-refractivity contribution in [2.45, 2.75) is 13.5 Å². The number of ketones is 1. The Morgan fingerprint density at radius 3 is 2.38 bits per heavy atom. The monoisotopic (exact) mass is 230 g/mol. The Bertz CT molecular complexity index is 349. The van der Waals surface area contributed by atoms with E-state index in [0.717, 1.165) is 0 Å². The second kappa shape index (κ2) is 5.55. The average molecular weight is 230 g/mol. The van der Waals surface area contributed by atoms with Gasteiger partial charge in [0, 0.05) is 11.5 Å². The van der Waals surface area contributed by atoms with Crippen LogP contribution >= 0.6 is 0 Å². The maximum absolute atomic E-state index is 11.8. The van der Waals surface area contributed by atoms with Gasteiger partial charge in [0.2, 0.25) is 0 Å². The molecule has 3 nitrogen and oxygen atoms in total. The van der Waals surface area contributed by atoms with Gasteiger partial charge in [0.25, 0.3) is 0 Å². The molecule has 0 spiro atoms. The van der Waals surface area contributed by atoms with Crippen LogP contribution in [0.2, 0.25) is 0 Å². The minimum Gasteiger partial charge on any atom is -0.435 e. The number of alkyl halides is 2. The molecule has 0 saturated carbocycles. The Hall–Kier alpha value is -1.49. The van der Waals surface area contributed by atoms with Gasteiger partial charge >= 0.3 is 6.61 Å². The summed E-state index contributed by atoms with van der Waals surface area (Å²) >= 11 is 0. The van der Waals surface area contributed by atoms with Gasteiger partial charge in [0.1, 0.15) is 5.75 Å². The largest absolute Gasteiger partial charge is 0.435 e. The Morgan fingerprint density at radius 1 is 1.38 bits per heavy atom. The van der Waals surface area contributed by atoms with Crippen molar-refractivity contribution in [3.63, 3.8) is 0 Å². The summed E-state index contributed by atoms with van der Waals surface area (Å²) in [6.07, 6.45) is 0. The predicted molar refractivity (Wildman–Crippen MR) is 53.7 cm³/mol. The van der Waals surface area contributed by atoms with E-state index in [1.807, 2.05) is 0 Å². The maximum atomic E-state index is 11.8. The van der Waals surface area contributed by atoms with Gasteiger partial charge in [-0.3, -0.25) is 4.79 Å². The first kappa shape index (κ1) is 12.6. The first-order chi connectivity index (χ1) is 7.54. The Labute approximate surface area is 91.7 Å². The van der Waals surface area contributed by atoms with Crippen molar-refractivity contribution in [3.05, 3.63) is 29.8 Å². The Kier molecular flexibility index (Phi) is 4.37. The number of aliphatic hydroxyl groups is 1. The van der Waals surface area contributed by atoms with Crippen LogP contribution in [0.1, 0.15) is 17.3 Å². The molecule has 88 valence electrons. The van der Waals surface area contributed by atoms with Crippen LogP contribution in [0.25, 0.3) is 0 Å². The van der Waals surface area contributed by atoms with Crippen molar-refractivity contribution in [2.24, 2.45) is 5.92 Å². The van der Waals surface area contributed by atoms with E-state index in [1.54, 1.807) is 6.92 Å². The van der Waals surface area contributed by atoms with E-state index < -0.39 is 12.5 Å². The number of ether oxygens (including phenoxy) is 1.